The van der Waals surface area contributed by atoms with Gasteiger partial charge in [0.25, 0.3) is 0 Å². The number of aromatic nitrogens is 2. The number of amides is 2. The summed E-state index contributed by atoms with van der Waals surface area (Å²) >= 11 is 0. The quantitative estimate of drug-likeness (QED) is 0.805. The molecular formula is C19H23FN4O3. The second-order valence-electron chi connectivity index (χ2n) is 6.86. The van der Waals surface area contributed by atoms with Crippen molar-refractivity contribution < 1.29 is 18.7 Å². The highest BCUT2D eigenvalue weighted by Crippen LogP contribution is 2.33. The van der Waals surface area contributed by atoms with Gasteiger partial charge >= 0.3 is 12.0 Å². The summed E-state index contributed by atoms with van der Waals surface area (Å²) in [7, 11) is 1.29. The first-order chi connectivity index (χ1) is 12.9. The number of nitrogens with zero attached hydrogens (tertiary/aromatic N) is 2. The summed E-state index contributed by atoms with van der Waals surface area (Å²) in [5, 5.41) is 2.75. The Labute approximate surface area is 156 Å². The van der Waals surface area contributed by atoms with Crippen LogP contribution in [0.5, 0.6) is 0 Å². The number of benzene rings is 1. The number of hydrogen-bond acceptors (Lipinski definition) is 4. The number of halogens is 1. The summed E-state index contributed by atoms with van der Waals surface area (Å²) in [6, 6.07) is 4.40. The van der Waals surface area contributed by atoms with Crippen LogP contribution in [0.1, 0.15) is 36.8 Å². The van der Waals surface area contributed by atoms with Crippen molar-refractivity contribution >= 4 is 12.0 Å². The molecule has 1 aliphatic heterocycles. The number of carbonyl (C=O) groups is 2. The van der Waals surface area contributed by atoms with Gasteiger partial charge in [-0.2, -0.15) is 0 Å². The number of fused-ring (bicyclic) bond motifs is 1. The van der Waals surface area contributed by atoms with Crippen LogP contribution in [0, 0.1) is 11.7 Å². The fourth-order valence-electron chi connectivity index (χ4n) is 3.35. The maximum Gasteiger partial charge on any atom is 0.328 e. The lowest BCUT2D eigenvalue weighted by atomic mass is 9.95. The third-order valence-corrected chi connectivity index (χ3v) is 4.75. The molecule has 2 amide bonds. The van der Waals surface area contributed by atoms with Crippen molar-refractivity contribution in [3.63, 3.8) is 0 Å². The predicted molar refractivity (Wildman–Crippen MR) is 96.4 cm³/mol. The smallest absolute Gasteiger partial charge is 0.328 e. The molecule has 0 aliphatic carbocycles. The number of imidazole rings is 1. The van der Waals surface area contributed by atoms with E-state index >= 15 is 0 Å². The molecule has 1 aliphatic rings. The summed E-state index contributed by atoms with van der Waals surface area (Å²) in [4.78, 5) is 34.0. The molecule has 2 atom stereocenters. The van der Waals surface area contributed by atoms with Gasteiger partial charge in [-0.05, 0) is 23.6 Å². The number of carbonyl (C=O) groups excluding carboxylic acids is 2. The first kappa shape index (κ1) is 18.9. The molecule has 0 saturated heterocycles. The molecule has 1 aromatic heterocycles. The van der Waals surface area contributed by atoms with Gasteiger partial charge in [0.15, 0.2) is 0 Å². The summed E-state index contributed by atoms with van der Waals surface area (Å²) in [6.45, 7) is 4.07. The van der Waals surface area contributed by atoms with Gasteiger partial charge in [0.1, 0.15) is 17.9 Å². The van der Waals surface area contributed by atoms with Crippen LogP contribution >= 0.6 is 0 Å². The molecule has 0 radical (unpaired) electrons. The van der Waals surface area contributed by atoms with Crippen molar-refractivity contribution in [2.45, 2.75) is 32.4 Å². The first-order valence-corrected chi connectivity index (χ1v) is 8.85. The largest absolute Gasteiger partial charge is 0.467 e. The topological polar surface area (TPSA) is 87.3 Å². The number of rotatable bonds is 4. The van der Waals surface area contributed by atoms with Crippen LogP contribution in [0.15, 0.2) is 30.6 Å². The minimum absolute atomic E-state index is 0.139. The number of nitrogens with one attached hydrogen (secondary N) is 2. The molecule has 144 valence electrons. The maximum absolute atomic E-state index is 13.8. The van der Waals surface area contributed by atoms with Crippen LogP contribution in [0.4, 0.5) is 9.18 Å². The van der Waals surface area contributed by atoms with Crippen LogP contribution in [0.2, 0.25) is 0 Å². The van der Waals surface area contributed by atoms with Crippen molar-refractivity contribution in [1.29, 1.82) is 0 Å². The van der Waals surface area contributed by atoms with E-state index in [0.717, 1.165) is 5.69 Å². The van der Waals surface area contributed by atoms with E-state index in [4.69, 9.17) is 4.74 Å². The average Bonchev–Trinajstić information content (AvgIpc) is 3.12. The van der Waals surface area contributed by atoms with Crippen molar-refractivity contribution in [3.8, 4) is 0 Å². The predicted octanol–water partition coefficient (Wildman–Crippen LogP) is 2.40. The Hall–Kier alpha value is -2.90. The first-order valence-electron chi connectivity index (χ1n) is 8.85. The highest BCUT2D eigenvalue weighted by Gasteiger charge is 2.36. The van der Waals surface area contributed by atoms with Gasteiger partial charge in [0.2, 0.25) is 0 Å². The Bertz CT molecular complexity index is 836. The zero-order chi connectivity index (χ0) is 19.6. The van der Waals surface area contributed by atoms with Gasteiger partial charge in [-0.1, -0.05) is 26.0 Å². The summed E-state index contributed by atoms with van der Waals surface area (Å²) in [5.41, 5.74) is 2.22. The van der Waals surface area contributed by atoms with Crippen molar-refractivity contribution in [2.75, 3.05) is 13.7 Å². The van der Waals surface area contributed by atoms with E-state index in [2.05, 4.69) is 15.3 Å². The lowest BCUT2D eigenvalue weighted by Gasteiger charge is -2.36. The van der Waals surface area contributed by atoms with E-state index in [1.54, 1.807) is 23.4 Å². The van der Waals surface area contributed by atoms with Crippen LogP contribution in [0.3, 0.4) is 0 Å². The zero-order valence-corrected chi connectivity index (χ0v) is 15.5. The van der Waals surface area contributed by atoms with E-state index in [9.17, 15) is 14.0 Å². The molecule has 0 bridgehead atoms. The minimum Gasteiger partial charge on any atom is -0.467 e. The normalized spacial score (nSPS) is 17.4. The Morgan fingerprint density at radius 1 is 1.41 bits per heavy atom. The van der Waals surface area contributed by atoms with Crippen LogP contribution in [-0.4, -0.2) is 46.6 Å². The number of hydrogen-bond donors (Lipinski definition) is 2. The van der Waals surface area contributed by atoms with E-state index in [1.165, 1.54) is 19.2 Å². The standard InChI is InChI=1S/C19H23FN4O3/c1-11(2)15(18(25)27-3)23-19(26)24-8-7-14-16(22-10-21-14)17(24)12-5-4-6-13(20)9-12/h4-6,9-11,15,17H,7-8H2,1-3H3,(H,21,22)(H,23,26)/t15-,17+/m0/s1. The molecule has 0 saturated carbocycles. The van der Waals surface area contributed by atoms with Gasteiger partial charge in [0.05, 0.1) is 19.1 Å². The van der Waals surface area contributed by atoms with E-state index in [0.29, 0.717) is 24.2 Å². The fraction of sp³-hybridized carbons (Fsp3) is 0.421. The Morgan fingerprint density at radius 3 is 2.85 bits per heavy atom. The molecule has 7 nitrogen and oxygen atoms in total. The third kappa shape index (κ3) is 3.79. The van der Waals surface area contributed by atoms with Crippen LogP contribution < -0.4 is 5.32 Å². The summed E-state index contributed by atoms with van der Waals surface area (Å²) in [6.07, 6.45) is 2.17. The number of H-pyrrole nitrogens is 1. The minimum atomic E-state index is -0.767. The number of methoxy groups -OCH3 is 1. The highest BCUT2D eigenvalue weighted by molar-refractivity contribution is 5.84. The SMILES string of the molecule is COC(=O)[C@@H](NC(=O)N1CCc2[nH]cnc2[C@H]1c1cccc(F)c1)C(C)C. The molecule has 2 heterocycles. The van der Waals surface area contributed by atoms with Crippen LogP contribution in [0.25, 0.3) is 0 Å². The highest BCUT2D eigenvalue weighted by atomic mass is 19.1. The Morgan fingerprint density at radius 2 is 2.19 bits per heavy atom. The van der Waals surface area contributed by atoms with E-state index in [1.807, 2.05) is 13.8 Å². The molecule has 1 aromatic carbocycles. The number of ether oxygens (including phenoxy) is 1. The summed E-state index contributed by atoms with van der Waals surface area (Å²) in [5.74, 6) is -1.02. The Kier molecular flexibility index (Phi) is 5.43. The van der Waals surface area contributed by atoms with Crippen molar-refractivity contribution in [3.05, 3.63) is 53.4 Å². The van der Waals surface area contributed by atoms with E-state index < -0.39 is 24.1 Å². The lowest BCUT2D eigenvalue weighted by Crippen LogP contribution is -2.53. The van der Waals surface area contributed by atoms with Gasteiger partial charge in [-0.25, -0.2) is 19.0 Å². The molecule has 3 rings (SSSR count). The van der Waals surface area contributed by atoms with Crippen molar-refractivity contribution in [2.24, 2.45) is 5.92 Å². The molecule has 0 fully saturated rings. The van der Waals surface area contributed by atoms with Crippen molar-refractivity contribution in [1.82, 2.24) is 20.2 Å². The van der Waals surface area contributed by atoms with E-state index in [-0.39, 0.29) is 11.7 Å². The number of urea groups is 1. The molecular weight excluding hydrogens is 351 g/mol. The monoisotopic (exact) mass is 374 g/mol. The van der Waals surface area contributed by atoms with Gasteiger partial charge in [-0.3, -0.25) is 0 Å². The van der Waals surface area contributed by atoms with Crippen LogP contribution in [-0.2, 0) is 16.0 Å². The summed E-state index contributed by atoms with van der Waals surface area (Å²) < 4.78 is 18.6. The molecule has 27 heavy (non-hydrogen) atoms. The second kappa shape index (κ2) is 7.77. The molecule has 0 unspecified atom stereocenters. The Balaban J connectivity index is 1.93. The molecule has 2 N–H and O–H groups in total. The zero-order valence-electron chi connectivity index (χ0n) is 15.5. The second-order valence-corrected chi connectivity index (χ2v) is 6.86. The van der Waals surface area contributed by atoms with Gasteiger partial charge < -0.3 is 19.9 Å². The molecule has 2 aromatic rings. The lowest BCUT2D eigenvalue weighted by molar-refractivity contribution is -0.144. The fourth-order valence-corrected chi connectivity index (χ4v) is 3.35. The van der Waals surface area contributed by atoms with Gasteiger partial charge in [0, 0.05) is 18.7 Å². The molecule has 0 spiro atoms. The van der Waals surface area contributed by atoms with Gasteiger partial charge in [-0.15, -0.1) is 0 Å². The number of aromatic amines is 1. The average molecular weight is 374 g/mol. The number of esters is 1. The third-order valence-electron chi connectivity index (χ3n) is 4.75. The molecule has 8 heteroatoms. The maximum atomic E-state index is 13.8.